The highest BCUT2D eigenvalue weighted by molar-refractivity contribution is 7.89. The van der Waals surface area contributed by atoms with Crippen LogP contribution in [0.15, 0.2) is 65.8 Å². The zero-order valence-electron chi connectivity index (χ0n) is 21.2. The lowest BCUT2D eigenvalue weighted by Gasteiger charge is -2.32. The normalized spacial score (nSPS) is 18.4. The van der Waals surface area contributed by atoms with E-state index in [-0.39, 0.29) is 29.3 Å². The predicted octanol–water partition coefficient (Wildman–Crippen LogP) is 4.96. The average molecular weight is 557 g/mol. The summed E-state index contributed by atoms with van der Waals surface area (Å²) in [5, 5.41) is 11.4. The number of halogens is 3. The lowest BCUT2D eigenvalue weighted by atomic mass is 9.97. The van der Waals surface area contributed by atoms with Crippen molar-refractivity contribution < 1.29 is 21.6 Å². The van der Waals surface area contributed by atoms with E-state index in [1.54, 1.807) is 30.3 Å². The van der Waals surface area contributed by atoms with Crippen molar-refractivity contribution in [3.05, 3.63) is 72.3 Å². The van der Waals surface area contributed by atoms with Gasteiger partial charge in [-0.1, -0.05) is 18.2 Å². The predicted molar refractivity (Wildman–Crippen MR) is 140 cm³/mol. The summed E-state index contributed by atoms with van der Waals surface area (Å²) in [7, 11) is -3.66. The maximum absolute atomic E-state index is 13.4. The molecule has 0 atom stereocenters. The first-order valence-corrected chi connectivity index (χ1v) is 14.2. The Kier molecular flexibility index (Phi) is 6.14. The van der Waals surface area contributed by atoms with E-state index in [1.165, 1.54) is 16.6 Å². The third kappa shape index (κ3) is 4.65. The molecule has 0 amide bonds. The van der Waals surface area contributed by atoms with Crippen molar-refractivity contribution in [2.45, 2.75) is 55.1 Å². The molecule has 0 unspecified atom stereocenters. The van der Waals surface area contributed by atoms with Gasteiger partial charge in [0.1, 0.15) is 11.6 Å². The van der Waals surface area contributed by atoms with Crippen LogP contribution in [0.1, 0.15) is 37.1 Å². The number of alkyl halides is 3. The van der Waals surface area contributed by atoms with Crippen LogP contribution in [0.4, 0.5) is 19.0 Å². The van der Waals surface area contributed by atoms with Gasteiger partial charge in [0.15, 0.2) is 5.65 Å². The summed E-state index contributed by atoms with van der Waals surface area (Å²) in [5.41, 5.74) is 0.999. The number of aromatic nitrogens is 4. The van der Waals surface area contributed by atoms with Gasteiger partial charge in [0.2, 0.25) is 10.0 Å². The Morgan fingerprint density at radius 3 is 2.26 bits per heavy atom. The van der Waals surface area contributed by atoms with Crippen LogP contribution in [0.25, 0.3) is 16.8 Å². The van der Waals surface area contributed by atoms with Crippen molar-refractivity contribution in [3.63, 3.8) is 0 Å². The first-order valence-electron chi connectivity index (χ1n) is 12.8. The van der Waals surface area contributed by atoms with Crippen molar-refractivity contribution >= 4 is 21.5 Å². The summed E-state index contributed by atoms with van der Waals surface area (Å²) in [6, 6.07) is 13.7. The van der Waals surface area contributed by atoms with Gasteiger partial charge in [-0.2, -0.15) is 17.5 Å². The number of fused-ring (bicyclic) bond motifs is 1. The second-order valence-electron chi connectivity index (χ2n) is 10.3. The van der Waals surface area contributed by atoms with Gasteiger partial charge < -0.3 is 5.32 Å². The van der Waals surface area contributed by atoms with E-state index >= 15 is 0 Å². The Bertz CT molecular complexity index is 1610. The first-order chi connectivity index (χ1) is 18.6. The number of pyridine rings is 2. The SMILES string of the molecule is Cc1nnc2ccc(-c3ccc(S(=O)(=O)N4CCC(Nc5ccc(C6(C(F)(F)F)CC6)cn5)CC4)cc3)cn12. The van der Waals surface area contributed by atoms with Gasteiger partial charge in [-0.3, -0.25) is 4.40 Å². The smallest absolute Gasteiger partial charge is 0.367 e. The Labute approximate surface area is 223 Å². The van der Waals surface area contributed by atoms with E-state index in [1.807, 2.05) is 29.7 Å². The first kappa shape index (κ1) is 25.8. The topological polar surface area (TPSA) is 92.5 Å². The van der Waals surface area contributed by atoms with Gasteiger partial charge in [0.05, 0.1) is 10.3 Å². The van der Waals surface area contributed by atoms with Crippen LogP contribution in [0, 0.1) is 6.92 Å². The quantitative estimate of drug-likeness (QED) is 0.361. The second-order valence-corrected chi connectivity index (χ2v) is 12.2. The number of rotatable bonds is 6. The summed E-state index contributed by atoms with van der Waals surface area (Å²) in [6.45, 7) is 2.53. The third-order valence-corrected chi connectivity index (χ3v) is 9.73. The van der Waals surface area contributed by atoms with Crippen LogP contribution in [0.5, 0.6) is 0 Å². The van der Waals surface area contributed by atoms with E-state index in [4.69, 9.17) is 0 Å². The molecule has 0 radical (unpaired) electrons. The fourth-order valence-electron chi connectivity index (χ4n) is 5.22. The molecule has 4 heterocycles. The number of piperidine rings is 1. The molecular weight excluding hydrogens is 529 g/mol. The Balaban J connectivity index is 1.08. The van der Waals surface area contributed by atoms with Crippen molar-refractivity contribution in [1.82, 2.24) is 23.9 Å². The molecule has 1 aliphatic carbocycles. The van der Waals surface area contributed by atoms with E-state index < -0.39 is 21.6 Å². The number of hydrogen-bond donors (Lipinski definition) is 1. The zero-order chi connectivity index (χ0) is 27.4. The number of nitrogens with zero attached hydrogens (tertiary/aromatic N) is 5. The molecule has 3 aromatic heterocycles. The minimum atomic E-state index is -4.27. The van der Waals surface area contributed by atoms with Gasteiger partial charge in [-0.25, -0.2) is 13.4 Å². The molecule has 8 nitrogen and oxygen atoms in total. The summed E-state index contributed by atoms with van der Waals surface area (Å²) >= 11 is 0. The van der Waals surface area contributed by atoms with Crippen LogP contribution < -0.4 is 5.32 Å². The van der Waals surface area contributed by atoms with Gasteiger partial charge >= 0.3 is 6.18 Å². The molecule has 1 saturated carbocycles. The molecule has 0 spiro atoms. The van der Waals surface area contributed by atoms with Crippen LogP contribution in [-0.2, 0) is 15.4 Å². The minimum Gasteiger partial charge on any atom is -0.367 e. The number of sulfonamides is 1. The number of anilines is 1. The van der Waals surface area contributed by atoms with E-state index in [0.717, 1.165) is 22.6 Å². The Hall–Kier alpha value is -3.51. The monoisotopic (exact) mass is 556 g/mol. The molecule has 0 bridgehead atoms. The van der Waals surface area contributed by atoms with Crippen molar-refractivity contribution in [3.8, 4) is 11.1 Å². The molecule has 1 N–H and O–H groups in total. The molecule has 12 heteroatoms. The van der Waals surface area contributed by atoms with E-state index in [2.05, 4.69) is 20.5 Å². The summed E-state index contributed by atoms with van der Waals surface area (Å²) in [6.07, 6.45) is 0.274. The molecule has 1 aromatic carbocycles. The minimum absolute atomic E-state index is 0.0225. The molecule has 1 aliphatic heterocycles. The lowest BCUT2D eigenvalue weighted by molar-refractivity contribution is -0.160. The van der Waals surface area contributed by atoms with Gasteiger partial charge in [0, 0.05) is 31.5 Å². The Morgan fingerprint density at radius 1 is 0.949 bits per heavy atom. The summed E-state index contributed by atoms with van der Waals surface area (Å²) in [4.78, 5) is 4.44. The van der Waals surface area contributed by atoms with Crippen LogP contribution in [-0.4, -0.2) is 57.6 Å². The second kappa shape index (κ2) is 9.30. The van der Waals surface area contributed by atoms with Gasteiger partial charge in [0.25, 0.3) is 0 Å². The van der Waals surface area contributed by atoms with Crippen LogP contribution >= 0.6 is 0 Å². The molecule has 39 heavy (non-hydrogen) atoms. The number of benzene rings is 1. The molecule has 204 valence electrons. The number of aryl methyl sites for hydroxylation is 1. The number of nitrogens with one attached hydrogen (secondary N) is 1. The van der Waals surface area contributed by atoms with Crippen molar-refractivity contribution in [2.24, 2.45) is 0 Å². The average Bonchev–Trinajstić information content (AvgIpc) is 3.68. The Morgan fingerprint density at radius 2 is 1.64 bits per heavy atom. The van der Waals surface area contributed by atoms with E-state index in [0.29, 0.717) is 31.7 Å². The lowest BCUT2D eigenvalue weighted by Crippen LogP contribution is -2.42. The highest BCUT2D eigenvalue weighted by atomic mass is 32.2. The van der Waals surface area contributed by atoms with Crippen LogP contribution in [0.3, 0.4) is 0 Å². The maximum Gasteiger partial charge on any atom is 0.398 e. The van der Waals surface area contributed by atoms with Gasteiger partial charge in [-0.15, -0.1) is 10.2 Å². The molecule has 2 fully saturated rings. The third-order valence-electron chi connectivity index (χ3n) is 7.81. The van der Waals surface area contributed by atoms with Gasteiger partial charge in [-0.05, 0) is 79.6 Å². The fourth-order valence-corrected chi connectivity index (χ4v) is 6.69. The molecule has 2 aliphatic rings. The molecule has 1 saturated heterocycles. The van der Waals surface area contributed by atoms with Crippen LogP contribution in [0.2, 0.25) is 0 Å². The number of hydrogen-bond acceptors (Lipinski definition) is 6. The van der Waals surface area contributed by atoms with Crippen molar-refractivity contribution in [2.75, 3.05) is 18.4 Å². The maximum atomic E-state index is 13.4. The summed E-state index contributed by atoms with van der Waals surface area (Å²) in [5.74, 6) is 1.26. The molecule has 4 aromatic rings. The van der Waals surface area contributed by atoms with Crippen molar-refractivity contribution in [1.29, 1.82) is 0 Å². The van der Waals surface area contributed by atoms with E-state index in [9.17, 15) is 21.6 Å². The summed E-state index contributed by atoms with van der Waals surface area (Å²) < 4.78 is 70.0. The molecule has 6 rings (SSSR count). The highest BCUT2D eigenvalue weighted by Crippen LogP contribution is 2.58. The zero-order valence-corrected chi connectivity index (χ0v) is 22.0. The fraction of sp³-hybridized carbons (Fsp3) is 0.370. The molecular formula is C27H27F3N6O2S. The standard InChI is InChI=1S/C27H27F3N6O2S/c1-18-33-34-25-9-4-20(17-36(18)25)19-2-6-23(7-3-19)39(37,38)35-14-10-22(11-15-35)32-24-8-5-21(16-31-24)26(12-13-26)27(28,29)30/h2-9,16-17,22H,10-15H2,1H3,(H,31,32). The largest absolute Gasteiger partial charge is 0.398 e. The highest BCUT2D eigenvalue weighted by Gasteiger charge is 2.64.